The second kappa shape index (κ2) is 5.76. The highest BCUT2D eigenvalue weighted by Gasteiger charge is 2.18. The van der Waals surface area contributed by atoms with Crippen LogP contribution in [0, 0.1) is 13.8 Å². The van der Waals surface area contributed by atoms with Crippen LogP contribution in [0.25, 0.3) is 0 Å². The summed E-state index contributed by atoms with van der Waals surface area (Å²) in [5, 5.41) is 0. The van der Waals surface area contributed by atoms with Gasteiger partial charge < -0.3 is 0 Å². The number of carbonyl (C=O) groups excluding carboxylic acids is 2. The highest BCUT2D eigenvalue weighted by Crippen LogP contribution is 2.22. The van der Waals surface area contributed by atoms with E-state index in [2.05, 4.69) is 13.5 Å². The molecule has 0 N–H and O–H groups in total. The number of hydrogen-bond donors (Lipinski definition) is 0. The van der Waals surface area contributed by atoms with E-state index in [1.807, 2.05) is 19.9 Å². The van der Waals surface area contributed by atoms with Crippen LogP contribution < -0.4 is 0 Å². The maximum atomic E-state index is 12.2. The molecule has 0 spiro atoms. The minimum absolute atomic E-state index is 0.0596. The van der Waals surface area contributed by atoms with Crippen molar-refractivity contribution in [2.45, 2.75) is 40.5 Å². The molecule has 0 saturated heterocycles. The third kappa shape index (κ3) is 2.76. The summed E-state index contributed by atoms with van der Waals surface area (Å²) in [5.41, 5.74) is 4.04. The van der Waals surface area contributed by atoms with E-state index >= 15 is 0 Å². The predicted octanol–water partition coefficient (Wildman–Crippen LogP) is 3.58. The lowest BCUT2D eigenvalue weighted by atomic mass is 9.90. The Morgan fingerprint density at radius 3 is 2.33 bits per heavy atom. The first-order valence-corrected chi connectivity index (χ1v) is 6.23. The van der Waals surface area contributed by atoms with Crippen molar-refractivity contribution in [2.75, 3.05) is 0 Å². The fourth-order valence-electron chi connectivity index (χ4n) is 2.10. The van der Waals surface area contributed by atoms with Crippen LogP contribution in [0.5, 0.6) is 0 Å². The number of rotatable bonds is 5. The Balaban J connectivity index is 3.27. The molecular formula is C16H20O2. The number of aryl methyl sites for hydroxylation is 1. The Hall–Kier alpha value is -1.70. The van der Waals surface area contributed by atoms with E-state index in [1.165, 1.54) is 18.1 Å². The van der Waals surface area contributed by atoms with E-state index in [4.69, 9.17) is 0 Å². The first-order chi connectivity index (χ1) is 8.40. The van der Waals surface area contributed by atoms with Crippen molar-refractivity contribution in [3.8, 4) is 0 Å². The van der Waals surface area contributed by atoms with Gasteiger partial charge in [-0.05, 0) is 43.9 Å². The summed E-state index contributed by atoms with van der Waals surface area (Å²) >= 11 is 0. The second-order valence-corrected chi connectivity index (χ2v) is 4.65. The van der Waals surface area contributed by atoms with Crippen molar-refractivity contribution in [3.05, 3.63) is 46.5 Å². The normalized spacial score (nSPS) is 10.2. The van der Waals surface area contributed by atoms with Crippen LogP contribution in [-0.2, 0) is 11.2 Å². The van der Waals surface area contributed by atoms with Gasteiger partial charge in [-0.1, -0.05) is 32.1 Å². The number of ketones is 2. The van der Waals surface area contributed by atoms with Crippen molar-refractivity contribution < 1.29 is 9.59 Å². The fraction of sp³-hybridized carbons (Fsp3) is 0.375. The summed E-state index contributed by atoms with van der Waals surface area (Å²) < 4.78 is 0. The maximum absolute atomic E-state index is 12.2. The lowest BCUT2D eigenvalue weighted by molar-refractivity contribution is -0.113. The zero-order valence-electron chi connectivity index (χ0n) is 11.6. The van der Waals surface area contributed by atoms with Gasteiger partial charge in [0.25, 0.3) is 0 Å². The van der Waals surface area contributed by atoms with Crippen LogP contribution in [0.4, 0.5) is 0 Å². The molecule has 0 atom stereocenters. The molecule has 0 fully saturated rings. The Bertz CT molecular complexity index is 510. The van der Waals surface area contributed by atoms with Crippen LogP contribution in [0.15, 0.2) is 24.3 Å². The van der Waals surface area contributed by atoms with Gasteiger partial charge in [-0.25, -0.2) is 0 Å². The number of allylic oxidation sites excluding steroid dienone is 1. The molecule has 0 radical (unpaired) electrons. The van der Waals surface area contributed by atoms with Gasteiger partial charge in [0, 0.05) is 5.56 Å². The van der Waals surface area contributed by atoms with Gasteiger partial charge >= 0.3 is 0 Å². The molecule has 0 amide bonds. The molecule has 0 aliphatic heterocycles. The predicted molar refractivity (Wildman–Crippen MR) is 74.1 cm³/mol. The molecule has 0 heterocycles. The smallest absolute Gasteiger partial charge is 0.196 e. The highest BCUT2D eigenvalue weighted by molar-refractivity contribution is 6.25. The summed E-state index contributed by atoms with van der Waals surface area (Å²) in [7, 11) is 0. The summed E-state index contributed by atoms with van der Waals surface area (Å²) in [6.45, 7) is 11.0. The van der Waals surface area contributed by atoms with Crippen LogP contribution in [0.3, 0.4) is 0 Å². The molecule has 18 heavy (non-hydrogen) atoms. The third-order valence-electron chi connectivity index (χ3n) is 3.28. The van der Waals surface area contributed by atoms with E-state index in [9.17, 15) is 9.59 Å². The maximum Gasteiger partial charge on any atom is 0.196 e. The molecule has 2 heteroatoms. The Labute approximate surface area is 109 Å². The van der Waals surface area contributed by atoms with E-state index in [-0.39, 0.29) is 17.1 Å². The van der Waals surface area contributed by atoms with Crippen LogP contribution >= 0.6 is 0 Å². The molecule has 96 valence electrons. The SMILES string of the molecule is C=C(C(C)=O)C(=O)c1ccc(C)c(CCC)c1C. The lowest BCUT2D eigenvalue weighted by Crippen LogP contribution is -2.12. The highest BCUT2D eigenvalue weighted by atomic mass is 16.1. The molecule has 0 aliphatic carbocycles. The average molecular weight is 244 g/mol. The molecule has 0 unspecified atom stereocenters. The molecule has 0 aromatic heterocycles. The quantitative estimate of drug-likeness (QED) is 0.343. The van der Waals surface area contributed by atoms with E-state index in [0.29, 0.717) is 5.56 Å². The number of Topliss-reactive ketones (excluding diaryl/α,β-unsaturated/α-hetero) is 2. The first-order valence-electron chi connectivity index (χ1n) is 6.23. The van der Waals surface area contributed by atoms with E-state index in [1.54, 1.807) is 6.07 Å². The van der Waals surface area contributed by atoms with Gasteiger partial charge in [-0.2, -0.15) is 0 Å². The first kappa shape index (κ1) is 14.4. The summed E-state index contributed by atoms with van der Waals surface area (Å²) in [5.74, 6) is -0.519. The lowest BCUT2D eigenvalue weighted by Gasteiger charge is -2.13. The topological polar surface area (TPSA) is 34.1 Å². The Kier molecular flexibility index (Phi) is 4.60. The van der Waals surface area contributed by atoms with Crippen molar-refractivity contribution >= 4 is 11.6 Å². The number of hydrogen-bond acceptors (Lipinski definition) is 2. The van der Waals surface area contributed by atoms with E-state index in [0.717, 1.165) is 18.4 Å². The summed E-state index contributed by atoms with van der Waals surface area (Å²) in [6.07, 6.45) is 1.98. The molecule has 0 bridgehead atoms. The van der Waals surface area contributed by atoms with E-state index < -0.39 is 0 Å². The van der Waals surface area contributed by atoms with Gasteiger partial charge in [0.1, 0.15) is 0 Å². The van der Waals surface area contributed by atoms with Crippen molar-refractivity contribution in [1.29, 1.82) is 0 Å². The zero-order valence-corrected chi connectivity index (χ0v) is 11.6. The molecule has 1 aromatic rings. The van der Waals surface area contributed by atoms with Crippen LogP contribution in [-0.4, -0.2) is 11.6 Å². The average Bonchev–Trinajstić information content (AvgIpc) is 2.32. The summed E-state index contributed by atoms with van der Waals surface area (Å²) in [6, 6.07) is 3.74. The van der Waals surface area contributed by atoms with Crippen LogP contribution in [0.1, 0.15) is 47.3 Å². The second-order valence-electron chi connectivity index (χ2n) is 4.65. The van der Waals surface area contributed by atoms with Gasteiger partial charge in [0.15, 0.2) is 11.6 Å². The standard InChI is InChI=1S/C16H20O2/c1-6-7-14-10(2)8-9-15(12(14)4)16(18)11(3)13(5)17/h8-9H,3,6-7H2,1-2,4-5H3. The molecular weight excluding hydrogens is 224 g/mol. The van der Waals surface area contributed by atoms with Crippen LogP contribution in [0.2, 0.25) is 0 Å². The summed E-state index contributed by atoms with van der Waals surface area (Å²) in [4.78, 5) is 23.4. The third-order valence-corrected chi connectivity index (χ3v) is 3.28. The molecule has 1 rings (SSSR count). The zero-order chi connectivity index (χ0) is 13.9. The van der Waals surface area contributed by atoms with Crippen molar-refractivity contribution in [2.24, 2.45) is 0 Å². The molecule has 0 aliphatic rings. The van der Waals surface area contributed by atoms with Gasteiger partial charge in [-0.15, -0.1) is 0 Å². The largest absolute Gasteiger partial charge is 0.294 e. The molecule has 2 nitrogen and oxygen atoms in total. The van der Waals surface area contributed by atoms with Gasteiger partial charge in [0.2, 0.25) is 0 Å². The van der Waals surface area contributed by atoms with Gasteiger partial charge in [-0.3, -0.25) is 9.59 Å². The fourth-order valence-corrected chi connectivity index (χ4v) is 2.10. The number of benzene rings is 1. The minimum atomic E-state index is -0.267. The van der Waals surface area contributed by atoms with Crippen molar-refractivity contribution in [1.82, 2.24) is 0 Å². The Morgan fingerprint density at radius 2 is 1.83 bits per heavy atom. The molecule has 1 aromatic carbocycles. The monoisotopic (exact) mass is 244 g/mol. The molecule has 0 saturated carbocycles. The minimum Gasteiger partial charge on any atom is -0.294 e. The van der Waals surface area contributed by atoms with Crippen molar-refractivity contribution in [3.63, 3.8) is 0 Å². The Morgan fingerprint density at radius 1 is 1.22 bits per heavy atom. The number of carbonyl (C=O) groups is 2. The van der Waals surface area contributed by atoms with Gasteiger partial charge in [0.05, 0.1) is 5.57 Å².